The van der Waals surface area contributed by atoms with Crippen molar-refractivity contribution in [3.8, 4) is 11.5 Å². The first-order valence-corrected chi connectivity index (χ1v) is 17.0. The third-order valence-corrected chi connectivity index (χ3v) is 9.14. The molecule has 258 valence electrons. The number of phenols is 2. The molecule has 2 unspecified atom stereocenters. The van der Waals surface area contributed by atoms with Crippen LogP contribution in [0.25, 0.3) is 0 Å². The molecule has 0 aliphatic heterocycles. The Morgan fingerprint density at radius 3 is 0.935 bits per heavy atom. The first-order chi connectivity index (χ1) is 20.8. The number of hydrogen-bond donors (Lipinski definition) is 4. The molecule has 0 aliphatic rings. The molecule has 0 amide bonds. The fourth-order valence-electron chi connectivity index (χ4n) is 6.40. The fraction of sp³-hybridized carbons (Fsp3) is 0.650. The van der Waals surface area contributed by atoms with Crippen molar-refractivity contribution in [2.45, 2.75) is 168 Å². The van der Waals surface area contributed by atoms with E-state index in [1.807, 2.05) is 24.3 Å². The number of unbranched alkanes of at least 4 members (excludes halogenated alkanes) is 3. The Labute approximate surface area is 278 Å². The quantitative estimate of drug-likeness (QED) is 0.162. The average Bonchev–Trinajstić information content (AvgIpc) is 2.86. The average molecular weight is 639 g/mol. The van der Waals surface area contributed by atoms with Crippen LogP contribution >= 0.6 is 0 Å². The van der Waals surface area contributed by atoms with Gasteiger partial charge in [0, 0.05) is 0 Å². The SMILES string of the molecule is CC(C)(C)c1cc(C(CCCCCCC(CC(=O)O)c2cc(C(C)(C)C)c(O)c(C(C)(C)C)c2)CC(=O)O)cc(C(C)(C)C)c1O. The lowest BCUT2D eigenvalue weighted by molar-refractivity contribution is -0.138. The lowest BCUT2D eigenvalue weighted by Crippen LogP contribution is -2.19. The number of carboxylic acid groups (broad SMARTS) is 2. The lowest BCUT2D eigenvalue weighted by Gasteiger charge is -2.30. The van der Waals surface area contributed by atoms with E-state index in [2.05, 4.69) is 83.1 Å². The molecule has 0 heterocycles. The zero-order valence-corrected chi connectivity index (χ0v) is 30.7. The molecule has 0 radical (unpaired) electrons. The second-order valence-corrected chi connectivity index (χ2v) is 17.5. The van der Waals surface area contributed by atoms with Gasteiger partial charge in [-0.15, -0.1) is 0 Å². The zero-order chi connectivity index (χ0) is 35.4. The second kappa shape index (κ2) is 14.8. The summed E-state index contributed by atoms with van der Waals surface area (Å²) in [6.07, 6.45) is 5.08. The molecule has 6 heteroatoms. The third kappa shape index (κ3) is 10.8. The van der Waals surface area contributed by atoms with Crippen molar-refractivity contribution in [1.82, 2.24) is 0 Å². The standard InChI is InChI=1S/C40H62O6/c1-37(2,3)29-19-27(20-30(35(29)45)38(4,5)6)25(23-33(41)42)17-15-13-14-16-18-26(24-34(43)44)28-21-31(39(7,8)9)36(46)32(22-28)40(10,11)12/h19-22,25-26,45-46H,13-18,23-24H2,1-12H3,(H,41,42)(H,43,44). The number of aliphatic carboxylic acids is 2. The van der Waals surface area contributed by atoms with Gasteiger partial charge in [0.25, 0.3) is 0 Å². The Balaban J connectivity index is 2.24. The smallest absolute Gasteiger partial charge is 0.303 e. The van der Waals surface area contributed by atoms with Crippen LogP contribution in [0.2, 0.25) is 0 Å². The van der Waals surface area contributed by atoms with Crippen LogP contribution in [0.4, 0.5) is 0 Å². The zero-order valence-electron chi connectivity index (χ0n) is 30.7. The van der Waals surface area contributed by atoms with Gasteiger partial charge < -0.3 is 20.4 Å². The van der Waals surface area contributed by atoms with E-state index in [1.54, 1.807) is 0 Å². The Hall–Kier alpha value is -3.02. The van der Waals surface area contributed by atoms with Gasteiger partial charge in [-0.3, -0.25) is 9.59 Å². The Morgan fingerprint density at radius 2 is 0.739 bits per heavy atom. The summed E-state index contributed by atoms with van der Waals surface area (Å²) >= 11 is 0. The van der Waals surface area contributed by atoms with Crippen molar-refractivity contribution < 1.29 is 30.0 Å². The molecular weight excluding hydrogens is 576 g/mol. The first-order valence-electron chi connectivity index (χ1n) is 17.0. The molecule has 6 nitrogen and oxygen atoms in total. The molecule has 0 bridgehead atoms. The van der Waals surface area contributed by atoms with E-state index in [4.69, 9.17) is 0 Å². The fourth-order valence-corrected chi connectivity index (χ4v) is 6.40. The summed E-state index contributed by atoms with van der Waals surface area (Å²) in [7, 11) is 0. The number of carbonyl (C=O) groups is 2. The normalized spacial score (nSPS) is 14.3. The van der Waals surface area contributed by atoms with Gasteiger partial charge in [0.2, 0.25) is 0 Å². The van der Waals surface area contributed by atoms with Gasteiger partial charge in [0.05, 0.1) is 12.8 Å². The Bertz CT molecular complexity index is 1180. The molecule has 0 saturated carbocycles. The van der Waals surface area contributed by atoms with E-state index in [0.717, 1.165) is 71.9 Å². The molecule has 0 fully saturated rings. The van der Waals surface area contributed by atoms with Crippen LogP contribution in [0.1, 0.15) is 180 Å². The molecule has 46 heavy (non-hydrogen) atoms. The van der Waals surface area contributed by atoms with Crippen LogP contribution in [0, 0.1) is 0 Å². The highest BCUT2D eigenvalue weighted by atomic mass is 16.4. The number of aromatic hydroxyl groups is 2. The van der Waals surface area contributed by atoms with E-state index in [9.17, 15) is 30.0 Å². The first kappa shape index (κ1) is 39.2. The maximum Gasteiger partial charge on any atom is 0.303 e. The van der Waals surface area contributed by atoms with Gasteiger partial charge >= 0.3 is 11.9 Å². The largest absolute Gasteiger partial charge is 0.507 e. The molecule has 2 atom stereocenters. The molecule has 4 N–H and O–H groups in total. The molecule has 0 aromatic heterocycles. The maximum atomic E-state index is 11.9. The number of benzene rings is 2. The number of carboxylic acids is 2. The minimum absolute atomic E-state index is 0.0334. The second-order valence-electron chi connectivity index (χ2n) is 17.5. The lowest BCUT2D eigenvalue weighted by atomic mass is 9.76. The van der Waals surface area contributed by atoms with Crippen molar-refractivity contribution in [2.24, 2.45) is 0 Å². The van der Waals surface area contributed by atoms with Crippen LogP contribution in [0.5, 0.6) is 11.5 Å². The minimum Gasteiger partial charge on any atom is -0.507 e. The van der Waals surface area contributed by atoms with Crippen LogP contribution < -0.4 is 0 Å². The third-order valence-electron chi connectivity index (χ3n) is 9.14. The molecule has 2 rings (SSSR count). The van der Waals surface area contributed by atoms with Crippen LogP contribution in [-0.2, 0) is 31.2 Å². The monoisotopic (exact) mass is 638 g/mol. The minimum atomic E-state index is -0.831. The Morgan fingerprint density at radius 1 is 0.500 bits per heavy atom. The predicted molar refractivity (Wildman–Crippen MR) is 189 cm³/mol. The van der Waals surface area contributed by atoms with Gasteiger partial charge in [0.1, 0.15) is 11.5 Å². The van der Waals surface area contributed by atoms with Crippen molar-refractivity contribution in [2.75, 3.05) is 0 Å². The van der Waals surface area contributed by atoms with E-state index < -0.39 is 11.9 Å². The summed E-state index contributed by atoms with van der Waals surface area (Å²) in [5.41, 5.74) is 4.13. The van der Waals surface area contributed by atoms with Crippen molar-refractivity contribution in [3.05, 3.63) is 57.6 Å². The summed E-state index contributed by atoms with van der Waals surface area (Å²) in [6, 6.07) is 8.02. The summed E-state index contributed by atoms with van der Waals surface area (Å²) in [4.78, 5) is 23.9. The number of rotatable bonds is 13. The van der Waals surface area contributed by atoms with Gasteiger partial charge in [-0.1, -0.05) is 133 Å². The number of hydrogen-bond acceptors (Lipinski definition) is 4. The van der Waals surface area contributed by atoms with Gasteiger partial charge in [-0.2, -0.15) is 0 Å². The topological polar surface area (TPSA) is 115 Å². The number of phenolic OH excluding ortho intramolecular Hbond substituents is 2. The van der Waals surface area contributed by atoms with Crippen LogP contribution in [0.15, 0.2) is 24.3 Å². The molecule has 0 aliphatic carbocycles. The summed E-state index contributed by atoms with van der Waals surface area (Å²) in [6.45, 7) is 24.8. The summed E-state index contributed by atoms with van der Waals surface area (Å²) in [5, 5.41) is 41.9. The van der Waals surface area contributed by atoms with E-state index in [0.29, 0.717) is 11.5 Å². The molecule has 2 aromatic rings. The van der Waals surface area contributed by atoms with Gasteiger partial charge in [-0.05, 0) is 79.7 Å². The molecular formula is C40H62O6. The van der Waals surface area contributed by atoms with E-state index >= 15 is 0 Å². The summed E-state index contributed by atoms with van der Waals surface area (Å²) in [5.74, 6) is -1.39. The molecule has 0 saturated heterocycles. The Kier molecular flexibility index (Phi) is 12.6. The van der Waals surface area contributed by atoms with Gasteiger partial charge in [0.15, 0.2) is 0 Å². The van der Waals surface area contributed by atoms with E-state index in [1.165, 1.54) is 0 Å². The maximum absolute atomic E-state index is 11.9. The molecule has 2 aromatic carbocycles. The highest BCUT2D eigenvalue weighted by Crippen LogP contribution is 2.44. The highest BCUT2D eigenvalue weighted by molar-refractivity contribution is 5.69. The van der Waals surface area contributed by atoms with Gasteiger partial charge in [-0.25, -0.2) is 0 Å². The summed E-state index contributed by atoms with van der Waals surface area (Å²) < 4.78 is 0. The van der Waals surface area contributed by atoms with Crippen LogP contribution in [0.3, 0.4) is 0 Å². The predicted octanol–water partition coefficient (Wildman–Crippen LogP) is 10.4. The molecule has 0 spiro atoms. The van der Waals surface area contributed by atoms with Crippen molar-refractivity contribution in [3.63, 3.8) is 0 Å². The van der Waals surface area contributed by atoms with Crippen molar-refractivity contribution in [1.29, 1.82) is 0 Å². The van der Waals surface area contributed by atoms with Crippen molar-refractivity contribution >= 4 is 11.9 Å². The van der Waals surface area contributed by atoms with E-state index in [-0.39, 0.29) is 46.3 Å². The van der Waals surface area contributed by atoms with Crippen LogP contribution in [-0.4, -0.2) is 32.4 Å². The highest BCUT2D eigenvalue weighted by Gasteiger charge is 2.30.